The van der Waals surface area contributed by atoms with E-state index in [0.29, 0.717) is 18.9 Å². The predicted octanol–water partition coefficient (Wildman–Crippen LogP) is 3.48. The second kappa shape index (κ2) is 9.18. The van der Waals surface area contributed by atoms with Crippen LogP contribution in [-0.4, -0.2) is 33.7 Å². The third-order valence-corrected chi connectivity index (χ3v) is 5.16. The number of nitrogens with zero attached hydrogens (tertiary/aromatic N) is 3. The summed E-state index contributed by atoms with van der Waals surface area (Å²) < 4.78 is 2.11. The summed E-state index contributed by atoms with van der Waals surface area (Å²) in [5.41, 5.74) is 4.56. The average molecular weight is 369 g/mol. The second-order valence-electron chi connectivity index (χ2n) is 7.83. The maximum Gasteiger partial charge on any atom is 0.224 e. The van der Waals surface area contributed by atoms with Crippen LogP contribution >= 0.6 is 0 Å². The number of nitrogens with one attached hydrogen (secondary N) is 1. The molecule has 3 rings (SSSR count). The summed E-state index contributed by atoms with van der Waals surface area (Å²) in [7, 11) is 0. The summed E-state index contributed by atoms with van der Waals surface area (Å²) in [6.45, 7) is 11.3. The van der Waals surface area contributed by atoms with Crippen LogP contribution in [0.2, 0.25) is 0 Å². The van der Waals surface area contributed by atoms with Gasteiger partial charge in [0.2, 0.25) is 5.91 Å². The van der Waals surface area contributed by atoms with E-state index in [1.807, 2.05) is 0 Å². The summed E-state index contributed by atoms with van der Waals surface area (Å²) in [6.07, 6.45) is 2.72. The van der Waals surface area contributed by atoms with Crippen LogP contribution in [0.1, 0.15) is 62.0 Å². The lowest BCUT2D eigenvalue weighted by molar-refractivity contribution is -0.120. The monoisotopic (exact) mass is 368 g/mol. The van der Waals surface area contributed by atoms with E-state index in [9.17, 15) is 4.79 Å². The van der Waals surface area contributed by atoms with Crippen LogP contribution in [0.3, 0.4) is 0 Å². The van der Waals surface area contributed by atoms with Crippen LogP contribution in [0.5, 0.6) is 0 Å². The van der Waals surface area contributed by atoms with Crippen LogP contribution in [0.15, 0.2) is 30.3 Å². The summed E-state index contributed by atoms with van der Waals surface area (Å²) in [5, 5.41) is 7.71. The van der Waals surface area contributed by atoms with E-state index in [1.165, 1.54) is 17.7 Å². The number of amides is 1. The molecule has 0 bridgehead atoms. The minimum Gasteiger partial charge on any atom is -0.350 e. The van der Waals surface area contributed by atoms with Gasteiger partial charge in [-0.05, 0) is 42.5 Å². The summed E-state index contributed by atoms with van der Waals surface area (Å²) in [5.74, 6) is 0.556. The van der Waals surface area contributed by atoms with E-state index in [4.69, 9.17) is 5.10 Å². The fraction of sp³-hybridized carbons (Fsp3) is 0.545. The molecule has 27 heavy (non-hydrogen) atoms. The quantitative estimate of drug-likeness (QED) is 0.814. The van der Waals surface area contributed by atoms with Crippen LogP contribution in [0, 0.1) is 0 Å². The van der Waals surface area contributed by atoms with Gasteiger partial charge in [0.25, 0.3) is 0 Å². The third-order valence-electron chi connectivity index (χ3n) is 5.16. The van der Waals surface area contributed by atoms with Crippen molar-refractivity contribution in [2.75, 3.05) is 13.1 Å². The Kier molecular flexibility index (Phi) is 6.67. The molecular formula is C22H32N4O. The molecule has 0 fully saturated rings. The van der Waals surface area contributed by atoms with Crippen molar-refractivity contribution in [1.82, 2.24) is 20.0 Å². The number of carbonyl (C=O) groups excluding carboxylic acids is 1. The number of aromatic nitrogens is 2. The first-order valence-electron chi connectivity index (χ1n) is 10.2. The van der Waals surface area contributed by atoms with E-state index < -0.39 is 0 Å². The lowest BCUT2D eigenvalue weighted by atomic mass is 10.0. The lowest BCUT2D eigenvalue weighted by Crippen LogP contribution is -2.25. The van der Waals surface area contributed by atoms with Crippen molar-refractivity contribution in [3.8, 4) is 0 Å². The largest absolute Gasteiger partial charge is 0.350 e. The zero-order valence-electron chi connectivity index (χ0n) is 16.9. The molecule has 1 aliphatic heterocycles. The van der Waals surface area contributed by atoms with Crippen LogP contribution in [0.25, 0.3) is 0 Å². The molecule has 0 unspecified atom stereocenters. The van der Waals surface area contributed by atoms with Crippen LogP contribution in [0.4, 0.5) is 0 Å². The molecule has 146 valence electrons. The molecule has 5 nitrogen and oxygen atoms in total. The highest BCUT2D eigenvalue weighted by atomic mass is 16.1. The van der Waals surface area contributed by atoms with Crippen molar-refractivity contribution < 1.29 is 4.79 Å². The molecule has 1 aromatic carbocycles. The zero-order valence-corrected chi connectivity index (χ0v) is 16.9. The molecule has 0 saturated heterocycles. The molecule has 0 aliphatic carbocycles. The molecule has 0 radical (unpaired) electrons. The molecule has 1 N–H and O–H groups in total. The van der Waals surface area contributed by atoms with Gasteiger partial charge in [-0.2, -0.15) is 5.10 Å². The normalized spacial score (nSPS) is 14.8. The Morgan fingerprint density at radius 2 is 2.00 bits per heavy atom. The van der Waals surface area contributed by atoms with E-state index in [2.05, 4.69) is 66.0 Å². The summed E-state index contributed by atoms with van der Waals surface area (Å²) in [6, 6.07) is 10.5. The zero-order chi connectivity index (χ0) is 19.2. The molecule has 2 heterocycles. The predicted molar refractivity (Wildman–Crippen MR) is 108 cm³/mol. The summed E-state index contributed by atoms with van der Waals surface area (Å²) >= 11 is 0. The molecule has 0 atom stereocenters. The number of hydrogen-bond donors (Lipinski definition) is 1. The van der Waals surface area contributed by atoms with Gasteiger partial charge in [-0.1, -0.05) is 45.0 Å². The number of aryl methyl sites for hydroxylation is 1. The van der Waals surface area contributed by atoms with Gasteiger partial charge in [0.15, 0.2) is 0 Å². The number of benzene rings is 1. The summed E-state index contributed by atoms with van der Waals surface area (Å²) in [4.78, 5) is 14.8. The Balaban J connectivity index is 1.52. The Bertz CT molecular complexity index is 748. The molecule has 0 spiro atoms. The topological polar surface area (TPSA) is 50.2 Å². The molecule has 1 aromatic heterocycles. The van der Waals surface area contributed by atoms with Gasteiger partial charge in [0.05, 0.1) is 24.4 Å². The first-order chi connectivity index (χ1) is 13.0. The van der Waals surface area contributed by atoms with E-state index in [0.717, 1.165) is 43.9 Å². The van der Waals surface area contributed by atoms with Crippen LogP contribution in [-0.2, 0) is 30.8 Å². The molecule has 5 heteroatoms. The van der Waals surface area contributed by atoms with Crippen molar-refractivity contribution in [3.63, 3.8) is 0 Å². The van der Waals surface area contributed by atoms with E-state index in [-0.39, 0.29) is 5.91 Å². The van der Waals surface area contributed by atoms with Crippen molar-refractivity contribution in [2.24, 2.45) is 0 Å². The highest BCUT2D eigenvalue weighted by Gasteiger charge is 2.16. The number of rotatable bonds is 7. The fourth-order valence-corrected chi connectivity index (χ4v) is 3.64. The average Bonchev–Trinajstić information content (AvgIpc) is 2.92. The minimum atomic E-state index is 0.0445. The minimum absolute atomic E-state index is 0.0445. The number of hydrogen-bond acceptors (Lipinski definition) is 3. The number of fused-ring (bicyclic) bond motifs is 1. The van der Waals surface area contributed by atoms with E-state index in [1.54, 1.807) is 0 Å². The molecule has 1 aliphatic rings. The highest BCUT2D eigenvalue weighted by molar-refractivity contribution is 5.78. The van der Waals surface area contributed by atoms with Crippen molar-refractivity contribution in [1.29, 1.82) is 0 Å². The second-order valence-corrected chi connectivity index (χ2v) is 7.83. The maximum atomic E-state index is 12.3. The highest BCUT2D eigenvalue weighted by Crippen LogP contribution is 2.16. The standard InChI is InChI=1S/C22H32N4O/c1-4-10-25-11-5-12-26-21(16-25)14-20(24-26)15-23-22(27)13-18-6-8-19(9-7-18)17(2)3/h6-9,14,17H,4-5,10-13,15-16H2,1-3H3,(H,23,27). The Hall–Kier alpha value is -2.14. The maximum absolute atomic E-state index is 12.3. The van der Waals surface area contributed by atoms with Gasteiger partial charge < -0.3 is 5.32 Å². The Labute approximate surface area is 162 Å². The van der Waals surface area contributed by atoms with Gasteiger partial charge in [0.1, 0.15) is 0 Å². The number of carbonyl (C=O) groups is 1. The van der Waals surface area contributed by atoms with Gasteiger partial charge in [0, 0.05) is 19.6 Å². The van der Waals surface area contributed by atoms with Gasteiger partial charge in [-0.3, -0.25) is 14.4 Å². The fourth-order valence-electron chi connectivity index (χ4n) is 3.64. The Morgan fingerprint density at radius 1 is 1.22 bits per heavy atom. The molecule has 0 saturated carbocycles. The first-order valence-corrected chi connectivity index (χ1v) is 10.2. The van der Waals surface area contributed by atoms with Gasteiger partial charge in [-0.15, -0.1) is 0 Å². The van der Waals surface area contributed by atoms with Crippen molar-refractivity contribution >= 4 is 5.91 Å². The van der Waals surface area contributed by atoms with Crippen LogP contribution < -0.4 is 5.32 Å². The van der Waals surface area contributed by atoms with Gasteiger partial charge >= 0.3 is 0 Å². The molecule has 1 amide bonds. The van der Waals surface area contributed by atoms with Crippen molar-refractivity contribution in [3.05, 3.63) is 52.8 Å². The van der Waals surface area contributed by atoms with E-state index >= 15 is 0 Å². The third kappa shape index (κ3) is 5.42. The molecular weight excluding hydrogens is 336 g/mol. The van der Waals surface area contributed by atoms with Gasteiger partial charge in [-0.25, -0.2) is 0 Å². The molecule has 2 aromatic rings. The SMILES string of the molecule is CCCN1CCCn2nc(CNC(=O)Cc3ccc(C(C)C)cc3)cc2C1. The smallest absolute Gasteiger partial charge is 0.224 e. The first kappa shape index (κ1) is 19.6. The Morgan fingerprint density at radius 3 is 2.70 bits per heavy atom. The van der Waals surface area contributed by atoms with Crippen molar-refractivity contribution in [2.45, 2.75) is 65.6 Å². The lowest BCUT2D eigenvalue weighted by Gasteiger charge is -2.17.